The number of nitrogens with one attached hydrogen (secondary N) is 1. The molecule has 1 unspecified atom stereocenters. The van der Waals surface area contributed by atoms with Crippen LogP contribution in [0.2, 0.25) is 0 Å². The van der Waals surface area contributed by atoms with Gasteiger partial charge in [-0.3, -0.25) is 9.80 Å². The van der Waals surface area contributed by atoms with E-state index in [9.17, 15) is 0 Å². The molecule has 14 heavy (non-hydrogen) atoms. The lowest BCUT2D eigenvalue weighted by molar-refractivity contribution is 0.165. The first-order chi connectivity index (χ1) is 6.77. The predicted octanol–water partition coefficient (Wildman–Crippen LogP) is 0.374. The molecule has 2 saturated heterocycles. The number of nitrogens with zero attached hydrogens (tertiary/aromatic N) is 2. The summed E-state index contributed by atoms with van der Waals surface area (Å²) < 4.78 is 0. The fourth-order valence-electron chi connectivity index (χ4n) is 2.58. The van der Waals surface area contributed by atoms with Gasteiger partial charge in [0.05, 0.1) is 0 Å². The maximum Gasteiger partial charge on any atom is 0.0236 e. The molecule has 2 rings (SSSR count). The van der Waals surface area contributed by atoms with E-state index in [4.69, 9.17) is 0 Å². The van der Waals surface area contributed by atoms with Gasteiger partial charge in [0.15, 0.2) is 0 Å². The van der Waals surface area contributed by atoms with Gasteiger partial charge in [0.2, 0.25) is 0 Å². The van der Waals surface area contributed by atoms with Crippen molar-refractivity contribution in [2.75, 3.05) is 39.3 Å². The average Bonchev–Trinajstić information content (AvgIpc) is 2.68. The summed E-state index contributed by atoms with van der Waals surface area (Å²) in [5, 5.41) is 3.42. The molecule has 0 aromatic carbocycles. The number of piperazine rings is 1. The molecule has 0 radical (unpaired) electrons. The van der Waals surface area contributed by atoms with Crippen molar-refractivity contribution in [3.8, 4) is 0 Å². The predicted molar refractivity (Wildman–Crippen MR) is 59.6 cm³/mol. The molecule has 2 fully saturated rings. The molecule has 2 heterocycles. The summed E-state index contributed by atoms with van der Waals surface area (Å²) in [5.74, 6) is 0. The molecule has 0 amide bonds. The van der Waals surface area contributed by atoms with E-state index >= 15 is 0 Å². The first kappa shape index (κ1) is 10.4. The van der Waals surface area contributed by atoms with Gasteiger partial charge in [-0.05, 0) is 20.3 Å². The standard InChI is InChI=1S/C11H23N3/c1-10(2)14-6-3-11(9-14)13-7-4-12-5-8-13/h10-12H,3-9H2,1-2H3. The summed E-state index contributed by atoms with van der Waals surface area (Å²) >= 11 is 0. The largest absolute Gasteiger partial charge is 0.314 e. The number of hydrogen-bond acceptors (Lipinski definition) is 3. The number of rotatable bonds is 2. The van der Waals surface area contributed by atoms with Crippen LogP contribution < -0.4 is 5.32 Å². The van der Waals surface area contributed by atoms with E-state index in [0.29, 0.717) is 0 Å². The lowest BCUT2D eigenvalue weighted by Gasteiger charge is -2.33. The molecule has 0 aliphatic carbocycles. The third-order valence-electron chi connectivity index (χ3n) is 3.59. The molecule has 0 saturated carbocycles. The highest BCUT2D eigenvalue weighted by Crippen LogP contribution is 2.17. The van der Waals surface area contributed by atoms with Crippen molar-refractivity contribution >= 4 is 0 Å². The van der Waals surface area contributed by atoms with Gasteiger partial charge in [-0.1, -0.05) is 0 Å². The third-order valence-corrected chi connectivity index (χ3v) is 3.59. The fraction of sp³-hybridized carbons (Fsp3) is 1.00. The summed E-state index contributed by atoms with van der Waals surface area (Å²) in [5.41, 5.74) is 0. The smallest absolute Gasteiger partial charge is 0.0236 e. The molecule has 2 aliphatic heterocycles. The molecule has 0 aromatic rings. The van der Waals surface area contributed by atoms with Gasteiger partial charge in [-0.2, -0.15) is 0 Å². The van der Waals surface area contributed by atoms with Gasteiger partial charge in [0.25, 0.3) is 0 Å². The fourth-order valence-corrected chi connectivity index (χ4v) is 2.58. The van der Waals surface area contributed by atoms with Crippen molar-refractivity contribution in [1.29, 1.82) is 0 Å². The van der Waals surface area contributed by atoms with E-state index in [0.717, 1.165) is 12.1 Å². The quantitative estimate of drug-likeness (QED) is 0.690. The van der Waals surface area contributed by atoms with E-state index < -0.39 is 0 Å². The third kappa shape index (κ3) is 2.27. The van der Waals surface area contributed by atoms with Gasteiger partial charge in [-0.25, -0.2) is 0 Å². The van der Waals surface area contributed by atoms with Crippen molar-refractivity contribution in [1.82, 2.24) is 15.1 Å². The van der Waals surface area contributed by atoms with Crippen molar-refractivity contribution in [3.05, 3.63) is 0 Å². The summed E-state index contributed by atoms with van der Waals surface area (Å²) in [7, 11) is 0. The van der Waals surface area contributed by atoms with Crippen LogP contribution in [0.4, 0.5) is 0 Å². The highest BCUT2D eigenvalue weighted by Gasteiger charge is 2.29. The Kier molecular flexibility index (Phi) is 3.42. The van der Waals surface area contributed by atoms with E-state index in [-0.39, 0.29) is 0 Å². The zero-order chi connectivity index (χ0) is 9.97. The van der Waals surface area contributed by atoms with Crippen LogP contribution in [0, 0.1) is 0 Å². The average molecular weight is 197 g/mol. The molecule has 1 atom stereocenters. The monoisotopic (exact) mass is 197 g/mol. The zero-order valence-corrected chi connectivity index (χ0v) is 9.50. The van der Waals surface area contributed by atoms with E-state index in [1.807, 2.05) is 0 Å². The molecule has 1 N–H and O–H groups in total. The van der Waals surface area contributed by atoms with Crippen molar-refractivity contribution in [3.63, 3.8) is 0 Å². The van der Waals surface area contributed by atoms with Crippen molar-refractivity contribution in [2.45, 2.75) is 32.4 Å². The Bertz CT molecular complexity index is 175. The number of likely N-dealkylation sites (tertiary alicyclic amines) is 1. The van der Waals surface area contributed by atoms with Gasteiger partial charge in [0.1, 0.15) is 0 Å². The number of hydrogen-bond donors (Lipinski definition) is 1. The molecule has 0 aromatic heterocycles. The van der Waals surface area contributed by atoms with Gasteiger partial charge >= 0.3 is 0 Å². The maximum absolute atomic E-state index is 3.42. The summed E-state index contributed by atoms with van der Waals surface area (Å²) in [6.07, 6.45) is 1.37. The maximum atomic E-state index is 3.42. The second-order valence-corrected chi connectivity index (χ2v) is 4.82. The Morgan fingerprint density at radius 3 is 2.43 bits per heavy atom. The van der Waals surface area contributed by atoms with Crippen LogP contribution in [0.1, 0.15) is 20.3 Å². The van der Waals surface area contributed by atoms with E-state index in [2.05, 4.69) is 29.0 Å². The van der Waals surface area contributed by atoms with E-state index in [1.54, 1.807) is 0 Å². The van der Waals surface area contributed by atoms with Crippen molar-refractivity contribution in [2.24, 2.45) is 0 Å². The van der Waals surface area contributed by atoms with Gasteiger partial charge in [-0.15, -0.1) is 0 Å². The minimum Gasteiger partial charge on any atom is -0.314 e. The van der Waals surface area contributed by atoms with Crippen LogP contribution in [0.15, 0.2) is 0 Å². The molecule has 0 bridgehead atoms. The Hall–Kier alpha value is -0.120. The van der Waals surface area contributed by atoms with Crippen LogP contribution in [-0.2, 0) is 0 Å². The summed E-state index contributed by atoms with van der Waals surface area (Å²) in [6, 6.07) is 1.56. The lowest BCUT2D eigenvalue weighted by atomic mass is 10.2. The Morgan fingerprint density at radius 2 is 1.86 bits per heavy atom. The second kappa shape index (κ2) is 4.60. The van der Waals surface area contributed by atoms with Crippen molar-refractivity contribution < 1.29 is 0 Å². The Balaban J connectivity index is 1.82. The zero-order valence-electron chi connectivity index (χ0n) is 9.50. The minimum atomic E-state index is 0.725. The normalized spacial score (nSPS) is 31.5. The lowest BCUT2D eigenvalue weighted by Crippen LogP contribution is -2.49. The highest BCUT2D eigenvalue weighted by atomic mass is 15.3. The SMILES string of the molecule is CC(C)N1CCC(N2CCNCC2)C1. The molecule has 0 spiro atoms. The molecular formula is C11H23N3. The van der Waals surface area contributed by atoms with Crippen LogP contribution >= 0.6 is 0 Å². The second-order valence-electron chi connectivity index (χ2n) is 4.82. The first-order valence-electron chi connectivity index (χ1n) is 5.96. The van der Waals surface area contributed by atoms with Crippen LogP contribution in [0.25, 0.3) is 0 Å². The molecular weight excluding hydrogens is 174 g/mol. The minimum absolute atomic E-state index is 0.725. The summed E-state index contributed by atoms with van der Waals surface area (Å²) in [4.78, 5) is 5.27. The van der Waals surface area contributed by atoms with Crippen LogP contribution in [-0.4, -0.2) is 61.2 Å². The summed E-state index contributed by atoms with van der Waals surface area (Å²) in [6.45, 7) is 12.0. The first-order valence-corrected chi connectivity index (χ1v) is 5.96. The van der Waals surface area contributed by atoms with Crippen LogP contribution in [0.3, 0.4) is 0 Å². The van der Waals surface area contributed by atoms with Gasteiger partial charge in [0, 0.05) is 51.4 Å². The highest BCUT2D eigenvalue weighted by molar-refractivity contribution is 4.86. The Labute approximate surface area is 87.4 Å². The van der Waals surface area contributed by atoms with Crippen LogP contribution in [0.5, 0.6) is 0 Å². The molecule has 82 valence electrons. The Morgan fingerprint density at radius 1 is 1.14 bits per heavy atom. The molecule has 3 nitrogen and oxygen atoms in total. The topological polar surface area (TPSA) is 18.5 Å². The van der Waals surface area contributed by atoms with Gasteiger partial charge < -0.3 is 5.32 Å². The molecule has 3 heteroatoms. The molecule has 2 aliphatic rings. The van der Waals surface area contributed by atoms with E-state index in [1.165, 1.54) is 45.7 Å².